The van der Waals surface area contributed by atoms with E-state index in [0.29, 0.717) is 48.5 Å². The SMILES string of the molecule is CCOc1ccc(C(=O)N2CCc3ncc(-c4cnn(C(F)F)c4)n3CC2)cc1. The lowest BCUT2D eigenvalue weighted by atomic mass is 10.2. The molecular weight excluding hydrogens is 380 g/mol. The van der Waals surface area contributed by atoms with Gasteiger partial charge in [-0.1, -0.05) is 0 Å². The van der Waals surface area contributed by atoms with E-state index in [-0.39, 0.29) is 5.91 Å². The highest BCUT2D eigenvalue weighted by Gasteiger charge is 2.23. The summed E-state index contributed by atoms with van der Waals surface area (Å²) in [4.78, 5) is 19.1. The summed E-state index contributed by atoms with van der Waals surface area (Å²) in [5.41, 5.74) is 1.91. The molecule has 0 saturated carbocycles. The Morgan fingerprint density at radius 3 is 2.66 bits per heavy atom. The number of carbonyl (C=O) groups is 1. The first-order chi connectivity index (χ1) is 14.1. The van der Waals surface area contributed by atoms with Crippen molar-refractivity contribution in [2.75, 3.05) is 19.7 Å². The van der Waals surface area contributed by atoms with Gasteiger partial charge in [-0.2, -0.15) is 13.9 Å². The minimum absolute atomic E-state index is 0.0501. The van der Waals surface area contributed by atoms with Gasteiger partial charge in [-0.3, -0.25) is 4.79 Å². The van der Waals surface area contributed by atoms with Gasteiger partial charge < -0.3 is 14.2 Å². The molecule has 1 aliphatic rings. The van der Waals surface area contributed by atoms with E-state index in [4.69, 9.17) is 4.74 Å². The molecule has 9 heteroatoms. The summed E-state index contributed by atoms with van der Waals surface area (Å²) in [6.07, 6.45) is 4.98. The molecule has 0 atom stereocenters. The number of fused-ring (bicyclic) bond motifs is 1. The molecule has 0 unspecified atom stereocenters. The number of halogens is 2. The average molecular weight is 401 g/mol. The second kappa shape index (κ2) is 8.02. The molecule has 1 aromatic carbocycles. The van der Waals surface area contributed by atoms with Gasteiger partial charge in [-0.25, -0.2) is 9.67 Å². The van der Waals surface area contributed by atoms with E-state index >= 15 is 0 Å². The molecule has 0 radical (unpaired) electrons. The average Bonchev–Trinajstić information content (AvgIpc) is 3.31. The van der Waals surface area contributed by atoms with Gasteiger partial charge in [-0.15, -0.1) is 0 Å². The van der Waals surface area contributed by atoms with Gasteiger partial charge in [0, 0.05) is 43.4 Å². The molecule has 29 heavy (non-hydrogen) atoms. The summed E-state index contributed by atoms with van der Waals surface area (Å²) in [7, 11) is 0. The van der Waals surface area contributed by atoms with Crippen molar-refractivity contribution in [2.24, 2.45) is 0 Å². The van der Waals surface area contributed by atoms with Gasteiger partial charge in [0.25, 0.3) is 5.91 Å². The van der Waals surface area contributed by atoms with Gasteiger partial charge in [0.2, 0.25) is 0 Å². The van der Waals surface area contributed by atoms with Crippen molar-refractivity contribution in [3.05, 3.63) is 54.2 Å². The number of aromatic nitrogens is 4. The normalized spacial score (nSPS) is 14.0. The molecule has 0 bridgehead atoms. The number of hydrogen-bond donors (Lipinski definition) is 0. The Morgan fingerprint density at radius 2 is 1.97 bits per heavy atom. The second-order valence-corrected chi connectivity index (χ2v) is 6.70. The standard InChI is InChI=1S/C20H21F2N5O2/c1-2-29-16-5-3-14(4-6-16)19(28)25-8-7-18-23-12-17(26(18)10-9-25)15-11-24-27(13-15)20(21)22/h3-6,11-13,20H,2,7-10H2,1H3. The van der Waals surface area contributed by atoms with E-state index in [2.05, 4.69) is 10.1 Å². The molecule has 0 spiro atoms. The Morgan fingerprint density at radius 1 is 1.17 bits per heavy atom. The lowest BCUT2D eigenvalue weighted by Crippen LogP contribution is -2.33. The Balaban J connectivity index is 1.49. The van der Waals surface area contributed by atoms with Crippen molar-refractivity contribution in [3.8, 4) is 17.0 Å². The maximum absolute atomic E-state index is 12.9. The van der Waals surface area contributed by atoms with E-state index in [1.807, 2.05) is 11.5 Å². The number of ether oxygens (including phenoxy) is 1. The highest BCUT2D eigenvalue weighted by Crippen LogP contribution is 2.24. The van der Waals surface area contributed by atoms with E-state index in [0.717, 1.165) is 17.3 Å². The first-order valence-electron chi connectivity index (χ1n) is 9.46. The number of amides is 1. The molecule has 7 nitrogen and oxygen atoms in total. The van der Waals surface area contributed by atoms with Crippen molar-refractivity contribution < 1.29 is 18.3 Å². The molecule has 3 heterocycles. The first kappa shape index (κ1) is 19.1. The molecule has 152 valence electrons. The van der Waals surface area contributed by atoms with Crippen molar-refractivity contribution in [1.82, 2.24) is 24.2 Å². The lowest BCUT2D eigenvalue weighted by Gasteiger charge is -2.20. The minimum Gasteiger partial charge on any atom is -0.494 e. The Hall–Kier alpha value is -3.23. The van der Waals surface area contributed by atoms with Crippen LogP contribution in [-0.2, 0) is 13.0 Å². The highest BCUT2D eigenvalue weighted by molar-refractivity contribution is 5.94. The molecular formula is C20H21F2N5O2. The van der Waals surface area contributed by atoms with Gasteiger partial charge >= 0.3 is 6.55 Å². The van der Waals surface area contributed by atoms with Crippen LogP contribution in [0.25, 0.3) is 11.3 Å². The van der Waals surface area contributed by atoms with Crippen LogP contribution in [0.1, 0.15) is 29.7 Å². The maximum atomic E-state index is 12.9. The third-order valence-electron chi connectivity index (χ3n) is 4.93. The van der Waals surface area contributed by atoms with Crippen LogP contribution in [0.2, 0.25) is 0 Å². The maximum Gasteiger partial charge on any atom is 0.333 e. The van der Waals surface area contributed by atoms with Crippen molar-refractivity contribution >= 4 is 5.91 Å². The Labute approximate surface area is 166 Å². The Kier molecular flexibility index (Phi) is 5.28. The van der Waals surface area contributed by atoms with Gasteiger partial charge in [-0.05, 0) is 31.2 Å². The van der Waals surface area contributed by atoms with E-state index < -0.39 is 6.55 Å². The molecule has 0 saturated heterocycles. The van der Waals surface area contributed by atoms with Crippen LogP contribution in [-0.4, -0.2) is 49.8 Å². The van der Waals surface area contributed by atoms with E-state index in [9.17, 15) is 13.6 Å². The predicted molar refractivity (Wildman–Crippen MR) is 102 cm³/mol. The van der Waals surface area contributed by atoms with E-state index in [1.54, 1.807) is 35.4 Å². The van der Waals surface area contributed by atoms with Crippen molar-refractivity contribution in [1.29, 1.82) is 0 Å². The molecule has 0 N–H and O–H groups in total. The summed E-state index contributed by atoms with van der Waals surface area (Å²) >= 11 is 0. The number of imidazole rings is 1. The molecule has 0 aliphatic carbocycles. The second-order valence-electron chi connectivity index (χ2n) is 6.70. The number of carbonyl (C=O) groups excluding carboxylic acids is 1. The molecule has 4 rings (SSSR count). The zero-order chi connectivity index (χ0) is 20.4. The topological polar surface area (TPSA) is 65.2 Å². The van der Waals surface area contributed by atoms with Crippen molar-refractivity contribution in [3.63, 3.8) is 0 Å². The number of alkyl halides is 2. The first-order valence-corrected chi connectivity index (χ1v) is 9.46. The van der Waals surface area contributed by atoms with Crippen LogP contribution in [0, 0.1) is 0 Å². The fourth-order valence-electron chi connectivity index (χ4n) is 3.48. The fourth-order valence-corrected chi connectivity index (χ4v) is 3.48. The Bertz CT molecular complexity index is 997. The lowest BCUT2D eigenvalue weighted by molar-refractivity contribution is 0.0566. The zero-order valence-electron chi connectivity index (χ0n) is 16.0. The van der Waals surface area contributed by atoms with E-state index in [1.165, 1.54) is 12.4 Å². The van der Waals surface area contributed by atoms with Gasteiger partial charge in [0.05, 0.1) is 24.7 Å². The highest BCUT2D eigenvalue weighted by atomic mass is 19.3. The summed E-state index contributed by atoms with van der Waals surface area (Å²) in [6.45, 7) is 1.38. The number of nitrogens with zero attached hydrogens (tertiary/aromatic N) is 5. The third-order valence-corrected chi connectivity index (χ3v) is 4.93. The molecule has 2 aromatic heterocycles. The summed E-state index contributed by atoms with van der Waals surface area (Å²) in [5, 5.41) is 3.70. The van der Waals surface area contributed by atoms with Crippen LogP contribution < -0.4 is 4.74 Å². The molecule has 1 amide bonds. The zero-order valence-corrected chi connectivity index (χ0v) is 16.0. The van der Waals surface area contributed by atoms with Crippen LogP contribution in [0.3, 0.4) is 0 Å². The largest absolute Gasteiger partial charge is 0.494 e. The van der Waals surface area contributed by atoms with Crippen molar-refractivity contribution in [2.45, 2.75) is 26.4 Å². The predicted octanol–water partition coefficient (Wildman–Crippen LogP) is 3.24. The number of benzene rings is 1. The number of rotatable bonds is 5. The summed E-state index contributed by atoms with van der Waals surface area (Å²) in [5.74, 6) is 1.51. The van der Waals surface area contributed by atoms with Crippen LogP contribution >= 0.6 is 0 Å². The molecule has 1 aliphatic heterocycles. The monoisotopic (exact) mass is 401 g/mol. The quantitative estimate of drug-likeness (QED) is 0.658. The minimum atomic E-state index is -2.68. The smallest absolute Gasteiger partial charge is 0.333 e. The van der Waals surface area contributed by atoms with Crippen LogP contribution in [0.5, 0.6) is 5.75 Å². The third kappa shape index (κ3) is 3.85. The molecule has 3 aromatic rings. The summed E-state index contributed by atoms with van der Waals surface area (Å²) in [6, 6.07) is 7.11. The van der Waals surface area contributed by atoms with Crippen LogP contribution in [0.4, 0.5) is 8.78 Å². The van der Waals surface area contributed by atoms with Gasteiger partial charge in [0.1, 0.15) is 11.6 Å². The van der Waals surface area contributed by atoms with Crippen LogP contribution in [0.15, 0.2) is 42.9 Å². The van der Waals surface area contributed by atoms with Gasteiger partial charge in [0.15, 0.2) is 0 Å². The molecule has 0 fully saturated rings. The summed E-state index contributed by atoms with van der Waals surface area (Å²) < 4.78 is 33.7. The number of hydrogen-bond acceptors (Lipinski definition) is 4. The fraction of sp³-hybridized carbons (Fsp3) is 0.350.